The van der Waals surface area contributed by atoms with Crippen LogP contribution in [0.3, 0.4) is 0 Å². The molecule has 3 N–H and O–H groups in total. The Morgan fingerprint density at radius 1 is 0.943 bits per heavy atom. The highest BCUT2D eigenvalue weighted by atomic mass is 16.1. The summed E-state index contributed by atoms with van der Waals surface area (Å²) in [6, 6.07) is 26.1. The van der Waals surface area contributed by atoms with E-state index in [0.29, 0.717) is 22.5 Å². The van der Waals surface area contributed by atoms with Crippen molar-refractivity contribution in [2.45, 2.75) is 39.2 Å². The van der Waals surface area contributed by atoms with Gasteiger partial charge in [-0.2, -0.15) is 0 Å². The number of carbonyl (C=O) groups is 1. The van der Waals surface area contributed by atoms with Gasteiger partial charge in [-0.1, -0.05) is 61.5 Å². The number of hydrogen-bond acceptors (Lipinski definition) is 4. The van der Waals surface area contributed by atoms with Gasteiger partial charge in [-0.15, -0.1) is 0 Å². The van der Waals surface area contributed by atoms with Crippen molar-refractivity contribution >= 4 is 33.9 Å². The van der Waals surface area contributed by atoms with E-state index in [9.17, 15) is 4.79 Å². The number of nitrogen functional groups attached to an aromatic ring is 1. The van der Waals surface area contributed by atoms with Crippen LogP contribution >= 0.6 is 0 Å². The fraction of sp³-hybridized carbons (Fsp3) is 0.207. The molecule has 0 saturated heterocycles. The van der Waals surface area contributed by atoms with Gasteiger partial charge in [-0.3, -0.25) is 9.36 Å². The molecule has 0 bridgehead atoms. The molecule has 0 radical (unpaired) electrons. The predicted octanol–water partition coefficient (Wildman–Crippen LogP) is 5.47. The molecule has 35 heavy (non-hydrogen) atoms. The molecule has 2 aromatic heterocycles. The fourth-order valence-corrected chi connectivity index (χ4v) is 4.46. The van der Waals surface area contributed by atoms with Gasteiger partial charge < -0.3 is 11.1 Å². The van der Waals surface area contributed by atoms with Crippen molar-refractivity contribution in [3.05, 3.63) is 95.6 Å². The van der Waals surface area contributed by atoms with Crippen molar-refractivity contribution in [3.8, 4) is 5.69 Å². The van der Waals surface area contributed by atoms with Gasteiger partial charge in [0.25, 0.3) is 5.91 Å². The summed E-state index contributed by atoms with van der Waals surface area (Å²) >= 11 is 0. The minimum absolute atomic E-state index is 0.0302. The number of amides is 1. The lowest BCUT2D eigenvalue weighted by Crippen LogP contribution is -2.33. The molecule has 5 aromatic rings. The van der Waals surface area contributed by atoms with Crippen LogP contribution in [0.1, 0.15) is 41.8 Å². The molecule has 0 aliphatic carbocycles. The van der Waals surface area contributed by atoms with E-state index in [4.69, 9.17) is 15.7 Å². The van der Waals surface area contributed by atoms with Crippen molar-refractivity contribution in [1.29, 1.82) is 0 Å². The van der Waals surface area contributed by atoms with Gasteiger partial charge in [0, 0.05) is 11.7 Å². The predicted molar refractivity (Wildman–Crippen MR) is 142 cm³/mol. The molecule has 0 unspecified atom stereocenters. The number of nitrogens with zero attached hydrogens (tertiary/aromatic N) is 3. The number of nitrogens with one attached hydrogen (secondary N) is 1. The van der Waals surface area contributed by atoms with E-state index >= 15 is 0 Å². The zero-order chi connectivity index (χ0) is 24.4. The van der Waals surface area contributed by atoms with E-state index in [1.165, 1.54) is 11.1 Å². The van der Waals surface area contributed by atoms with Crippen molar-refractivity contribution < 1.29 is 4.79 Å². The molecule has 5 rings (SSSR count). The second-order valence-corrected chi connectivity index (χ2v) is 8.90. The third kappa shape index (κ3) is 4.47. The largest absolute Gasteiger partial charge is 0.384 e. The molecule has 0 aliphatic heterocycles. The minimum Gasteiger partial charge on any atom is -0.384 e. The first-order valence-electron chi connectivity index (χ1n) is 12.1. The summed E-state index contributed by atoms with van der Waals surface area (Å²) in [6.07, 6.45) is 2.60. The maximum absolute atomic E-state index is 13.5. The van der Waals surface area contributed by atoms with Crippen LogP contribution in [0.4, 0.5) is 5.82 Å². The third-order valence-electron chi connectivity index (χ3n) is 6.39. The van der Waals surface area contributed by atoms with E-state index < -0.39 is 0 Å². The summed E-state index contributed by atoms with van der Waals surface area (Å²) in [5.41, 5.74) is 12.9. The maximum atomic E-state index is 13.5. The standard InChI is InChI=1S/C29H29N5O/c1-3-20-12-9-13-22(18-20)34-27(30)25(26-28(34)33-24-15-8-7-14-23(24)32-26)29(35)31-19(2)16-17-21-10-5-4-6-11-21/h4-15,18-19H,3,16-17,30H2,1-2H3,(H,31,35)/t19-/m1/s1. The Morgan fingerprint density at radius 3 is 2.37 bits per heavy atom. The van der Waals surface area contributed by atoms with Crippen molar-refractivity contribution in [2.24, 2.45) is 0 Å². The zero-order valence-electron chi connectivity index (χ0n) is 20.0. The molecule has 1 amide bonds. The average molecular weight is 464 g/mol. The Balaban J connectivity index is 1.55. The summed E-state index contributed by atoms with van der Waals surface area (Å²) in [6.45, 7) is 4.13. The normalized spacial score (nSPS) is 12.2. The molecule has 176 valence electrons. The number of para-hydroxylation sites is 2. The van der Waals surface area contributed by atoms with Crippen LogP contribution in [0.25, 0.3) is 27.9 Å². The highest BCUT2D eigenvalue weighted by Crippen LogP contribution is 2.31. The van der Waals surface area contributed by atoms with Crippen molar-refractivity contribution in [2.75, 3.05) is 5.73 Å². The van der Waals surface area contributed by atoms with E-state index in [1.807, 2.05) is 66.1 Å². The van der Waals surface area contributed by atoms with Gasteiger partial charge >= 0.3 is 0 Å². The molecule has 1 atom stereocenters. The summed E-state index contributed by atoms with van der Waals surface area (Å²) in [7, 11) is 0. The van der Waals surface area contributed by atoms with Crippen LogP contribution in [-0.4, -0.2) is 26.5 Å². The number of rotatable bonds is 7. The summed E-state index contributed by atoms with van der Waals surface area (Å²) in [5.74, 6) is 0.111. The Bertz CT molecular complexity index is 1510. The lowest BCUT2D eigenvalue weighted by atomic mass is 10.1. The Hall–Kier alpha value is -4.19. The zero-order valence-corrected chi connectivity index (χ0v) is 20.0. The van der Waals surface area contributed by atoms with Crippen molar-refractivity contribution in [3.63, 3.8) is 0 Å². The lowest BCUT2D eigenvalue weighted by Gasteiger charge is -2.14. The maximum Gasteiger partial charge on any atom is 0.257 e. The number of hydrogen-bond donors (Lipinski definition) is 2. The molecule has 0 aliphatic rings. The summed E-state index contributed by atoms with van der Waals surface area (Å²) in [4.78, 5) is 23.2. The van der Waals surface area contributed by atoms with Crippen molar-refractivity contribution in [1.82, 2.24) is 19.9 Å². The van der Waals surface area contributed by atoms with E-state index in [2.05, 4.69) is 36.5 Å². The number of carbonyl (C=O) groups excluding carboxylic acids is 1. The first-order chi connectivity index (χ1) is 17.0. The monoisotopic (exact) mass is 463 g/mol. The van der Waals surface area contributed by atoms with E-state index in [0.717, 1.165) is 36.0 Å². The van der Waals surface area contributed by atoms with Crippen LogP contribution < -0.4 is 11.1 Å². The highest BCUT2D eigenvalue weighted by Gasteiger charge is 2.25. The quantitative estimate of drug-likeness (QED) is 0.335. The molecule has 6 heteroatoms. The number of nitrogens with two attached hydrogens (primary N) is 1. The molecule has 2 heterocycles. The smallest absolute Gasteiger partial charge is 0.257 e. The van der Waals surface area contributed by atoms with E-state index in [1.54, 1.807) is 0 Å². The van der Waals surface area contributed by atoms with Gasteiger partial charge in [0.2, 0.25) is 0 Å². The fourth-order valence-electron chi connectivity index (χ4n) is 4.46. The van der Waals surface area contributed by atoms with Crippen LogP contribution in [0.5, 0.6) is 0 Å². The highest BCUT2D eigenvalue weighted by molar-refractivity contribution is 6.11. The van der Waals surface area contributed by atoms with Crippen LogP contribution in [0.2, 0.25) is 0 Å². The average Bonchev–Trinajstić information content (AvgIpc) is 3.17. The summed E-state index contributed by atoms with van der Waals surface area (Å²) in [5, 5.41) is 3.13. The van der Waals surface area contributed by atoms with Crippen LogP contribution in [0, 0.1) is 0 Å². The van der Waals surface area contributed by atoms with Gasteiger partial charge in [0.1, 0.15) is 16.9 Å². The van der Waals surface area contributed by atoms with Crippen LogP contribution in [-0.2, 0) is 12.8 Å². The molecular formula is C29H29N5O. The topological polar surface area (TPSA) is 85.8 Å². The second-order valence-electron chi connectivity index (χ2n) is 8.90. The first-order valence-corrected chi connectivity index (χ1v) is 12.1. The van der Waals surface area contributed by atoms with Gasteiger partial charge in [0.05, 0.1) is 11.0 Å². The van der Waals surface area contributed by atoms with E-state index in [-0.39, 0.29) is 11.9 Å². The second kappa shape index (κ2) is 9.58. The molecule has 3 aromatic carbocycles. The molecule has 6 nitrogen and oxygen atoms in total. The van der Waals surface area contributed by atoms with Crippen LogP contribution in [0.15, 0.2) is 78.9 Å². The third-order valence-corrected chi connectivity index (χ3v) is 6.39. The molecular weight excluding hydrogens is 434 g/mol. The molecule has 0 fully saturated rings. The number of aryl methyl sites for hydroxylation is 2. The SMILES string of the molecule is CCc1cccc(-n2c(N)c(C(=O)N[C@H](C)CCc3ccccc3)c3nc4ccccc4nc32)c1. The Kier molecular flexibility index (Phi) is 6.19. The van der Waals surface area contributed by atoms with Gasteiger partial charge in [-0.05, 0) is 61.6 Å². The number of anilines is 1. The van der Waals surface area contributed by atoms with Gasteiger partial charge in [-0.25, -0.2) is 9.97 Å². The Labute approximate surface area is 204 Å². The number of fused-ring (bicyclic) bond motifs is 2. The van der Waals surface area contributed by atoms with Gasteiger partial charge in [0.15, 0.2) is 5.65 Å². The minimum atomic E-state index is -0.233. The Morgan fingerprint density at radius 2 is 1.63 bits per heavy atom. The molecule has 0 saturated carbocycles. The number of aromatic nitrogens is 3. The number of benzene rings is 3. The lowest BCUT2D eigenvalue weighted by molar-refractivity contribution is 0.0941. The first kappa shape index (κ1) is 22.6. The molecule has 0 spiro atoms. The summed E-state index contributed by atoms with van der Waals surface area (Å²) < 4.78 is 1.84.